The highest BCUT2D eigenvalue weighted by molar-refractivity contribution is 7.12. The molecule has 39 heavy (non-hydrogen) atoms. The predicted octanol–water partition coefficient (Wildman–Crippen LogP) is 6.54. The molecule has 0 aliphatic carbocycles. The van der Waals surface area contributed by atoms with E-state index in [9.17, 15) is 14.4 Å². The van der Waals surface area contributed by atoms with Crippen LogP contribution < -0.4 is 0 Å². The van der Waals surface area contributed by atoms with Crippen molar-refractivity contribution in [3.05, 3.63) is 106 Å². The van der Waals surface area contributed by atoms with Crippen molar-refractivity contribution in [3.8, 4) is 0 Å². The summed E-state index contributed by atoms with van der Waals surface area (Å²) >= 11 is 1.40. The smallest absolute Gasteiger partial charge is 0.365 e. The SMILES string of the molecule is CCOCCn1c2ccc(C(=O)/C(C)=N/OC(=O)c3ccccc3)cc2c2cc(C(=O)c3cccs3)ccc21. The molecule has 0 aliphatic heterocycles. The van der Waals surface area contributed by atoms with Crippen molar-refractivity contribution in [2.75, 3.05) is 13.2 Å². The molecule has 0 amide bonds. The number of oxime groups is 1. The summed E-state index contributed by atoms with van der Waals surface area (Å²) in [6.45, 7) is 5.23. The van der Waals surface area contributed by atoms with Gasteiger partial charge in [0.25, 0.3) is 0 Å². The Morgan fingerprint density at radius 1 is 0.846 bits per heavy atom. The maximum Gasteiger partial charge on any atom is 0.365 e. The minimum atomic E-state index is -0.640. The molecule has 7 nitrogen and oxygen atoms in total. The lowest BCUT2D eigenvalue weighted by Gasteiger charge is -2.08. The Balaban J connectivity index is 1.51. The minimum Gasteiger partial charge on any atom is -0.380 e. The maximum absolute atomic E-state index is 13.2. The van der Waals surface area contributed by atoms with Gasteiger partial charge < -0.3 is 14.1 Å². The van der Waals surface area contributed by atoms with Gasteiger partial charge in [-0.05, 0) is 73.8 Å². The average Bonchev–Trinajstić information content (AvgIpc) is 3.62. The number of carbonyl (C=O) groups is 3. The van der Waals surface area contributed by atoms with Crippen molar-refractivity contribution in [1.82, 2.24) is 4.57 Å². The molecule has 0 unspecified atom stereocenters. The molecule has 0 fully saturated rings. The molecule has 0 spiro atoms. The van der Waals surface area contributed by atoms with Gasteiger partial charge in [0.1, 0.15) is 5.71 Å². The van der Waals surface area contributed by atoms with Crippen LogP contribution in [0.1, 0.15) is 49.8 Å². The minimum absolute atomic E-state index is 0.0439. The van der Waals surface area contributed by atoms with E-state index in [1.165, 1.54) is 18.3 Å². The molecule has 5 aromatic rings. The third-order valence-corrected chi connectivity index (χ3v) is 7.27. The van der Waals surface area contributed by atoms with Crippen LogP contribution in [0.25, 0.3) is 21.8 Å². The number of carbonyl (C=O) groups excluding carboxylic acids is 3. The maximum atomic E-state index is 13.2. The first kappa shape index (κ1) is 26.2. The fourth-order valence-corrected chi connectivity index (χ4v) is 5.15. The van der Waals surface area contributed by atoms with Gasteiger partial charge in [-0.2, -0.15) is 0 Å². The van der Waals surface area contributed by atoms with Crippen LogP contribution in [0.5, 0.6) is 0 Å². The van der Waals surface area contributed by atoms with E-state index in [1.807, 2.05) is 48.7 Å². The zero-order chi connectivity index (χ0) is 27.4. The van der Waals surface area contributed by atoms with Gasteiger partial charge >= 0.3 is 5.97 Å². The lowest BCUT2D eigenvalue weighted by molar-refractivity contribution is 0.0515. The molecule has 8 heteroatoms. The molecular formula is C31H26N2O5S. The van der Waals surface area contributed by atoms with E-state index < -0.39 is 5.97 Å². The standard InChI is InChI=1S/C31H26N2O5S/c1-3-37-16-15-33-26-13-11-22(29(34)20(2)32-38-31(36)21-8-5-4-6-9-21)18-24(26)25-19-23(12-14-27(25)33)30(35)28-10-7-17-39-28/h4-14,17-19H,3,15-16H2,1-2H3/b32-20+. The zero-order valence-electron chi connectivity index (χ0n) is 21.5. The number of nitrogens with zero attached hydrogens (tertiary/aromatic N) is 2. The van der Waals surface area contributed by atoms with Crippen LogP contribution >= 0.6 is 11.3 Å². The normalized spacial score (nSPS) is 11.7. The van der Waals surface area contributed by atoms with Crippen LogP contribution in [-0.4, -0.2) is 41.0 Å². The van der Waals surface area contributed by atoms with Gasteiger partial charge in [0.15, 0.2) is 0 Å². The van der Waals surface area contributed by atoms with Crippen LogP contribution in [0, 0.1) is 0 Å². The molecular weight excluding hydrogens is 512 g/mol. The second-order valence-corrected chi connectivity index (χ2v) is 9.82. The Kier molecular flexibility index (Phi) is 7.76. The summed E-state index contributed by atoms with van der Waals surface area (Å²) in [5.41, 5.74) is 3.24. The number of hydrogen-bond acceptors (Lipinski definition) is 7. The Bertz CT molecular complexity index is 1700. The Labute approximate surface area is 229 Å². The number of thiophene rings is 1. The molecule has 3 aromatic carbocycles. The molecule has 0 radical (unpaired) electrons. The summed E-state index contributed by atoms with van der Waals surface area (Å²) in [4.78, 5) is 44.2. The number of ether oxygens (including phenoxy) is 1. The Morgan fingerprint density at radius 3 is 2.21 bits per heavy atom. The van der Waals surface area contributed by atoms with Crippen LogP contribution in [0.4, 0.5) is 0 Å². The molecule has 0 aliphatic rings. The topological polar surface area (TPSA) is 87.0 Å². The van der Waals surface area contributed by atoms with E-state index in [-0.39, 0.29) is 17.3 Å². The molecule has 0 saturated carbocycles. The lowest BCUT2D eigenvalue weighted by Crippen LogP contribution is -2.12. The molecule has 0 saturated heterocycles. The number of hydrogen-bond donors (Lipinski definition) is 0. The van der Waals surface area contributed by atoms with Gasteiger partial charge in [0, 0.05) is 46.1 Å². The van der Waals surface area contributed by atoms with E-state index in [4.69, 9.17) is 9.57 Å². The third kappa shape index (κ3) is 5.43. The highest BCUT2D eigenvalue weighted by Crippen LogP contribution is 2.32. The van der Waals surface area contributed by atoms with Gasteiger partial charge in [-0.1, -0.05) is 29.4 Å². The van der Waals surface area contributed by atoms with Crippen molar-refractivity contribution in [2.45, 2.75) is 20.4 Å². The van der Waals surface area contributed by atoms with E-state index >= 15 is 0 Å². The van der Waals surface area contributed by atoms with E-state index in [0.717, 1.165) is 21.8 Å². The molecule has 2 heterocycles. The lowest BCUT2D eigenvalue weighted by atomic mass is 10.0. The van der Waals surface area contributed by atoms with Crippen molar-refractivity contribution < 1.29 is 24.0 Å². The molecule has 2 aromatic heterocycles. The third-order valence-electron chi connectivity index (χ3n) is 6.40. The van der Waals surface area contributed by atoms with Crippen LogP contribution in [0.2, 0.25) is 0 Å². The molecule has 0 N–H and O–H groups in total. The van der Waals surface area contributed by atoms with Crippen LogP contribution in [-0.2, 0) is 16.1 Å². The summed E-state index contributed by atoms with van der Waals surface area (Å²) in [5, 5.41) is 7.37. The van der Waals surface area contributed by atoms with Gasteiger partial charge in [-0.15, -0.1) is 11.3 Å². The van der Waals surface area contributed by atoms with Crippen LogP contribution in [0.3, 0.4) is 0 Å². The second-order valence-electron chi connectivity index (χ2n) is 8.87. The summed E-state index contributed by atoms with van der Waals surface area (Å²) < 4.78 is 7.74. The fourth-order valence-electron chi connectivity index (χ4n) is 4.46. The van der Waals surface area contributed by atoms with E-state index in [1.54, 1.807) is 42.5 Å². The van der Waals surface area contributed by atoms with Gasteiger partial charge in [-0.3, -0.25) is 9.59 Å². The first-order valence-corrected chi connectivity index (χ1v) is 13.4. The van der Waals surface area contributed by atoms with Gasteiger partial charge in [-0.25, -0.2) is 4.79 Å². The molecule has 0 atom stereocenters. The molecule has 5 rings (SSSR count). The Hall–Kier alpha value is -4.40. The average molecular weight is 539 g/mol. The summed E-state index contributed by atoms with van der Waals surface area (Å²) in [6, 6.07) is 23.2. The number of fused-ring (bicyclic) bond motifs is 3. The number of rotatable bonds is 10. The molecule has 196 valence electrons. The number of aromatic nitrogens is 1. The highest BCUT2D eigenvalue weighted by Gasteiger charge is 2.18. The summed E-state index contributed by atoms with van der Waals surface area (Å²) in [5.74, 6) is -1.05. The van der Waals surface area contributed by atoms with Gasteiger partial charge in [0.2, 0.25) is 11.6 Å². The number of ketones is 2. The van der Waals surface area contributed by atoms with E-state index in [2.05, 4.69) is 9.72 Å². The number of benzene rings is 3. The predicted molar refractivity (Wildman–Crippen MR) is 153 cm³/mol. The van der Waals surface area contributed by atoms with Crippen molar-refractivity contribution >= 4 is 56.4 Å². The van der Waals surface area contributed by atoms with E-state index in [0.29, 0.717) is 41.3 Å². The largest absolute Gasteiger partial charge is 0.380 e. The summed E-state index contributed by atoms with van der Waals surface area (Å²) in [7, 11) is 0. The van der Waals surface area contributed by atoms with Crippen molar-refractivity contribution in [1.29, 1.82) is 0 Å². The monoisotopic (exact) mass is 538 g/mol. The van der Waals surface area contributed by atoms with Crippen molar-refractivity contribution in [3.63, 3.8) is 0 Å². The zero-order valence-corrected chi connectivity index (χ0v) is 22.4. The highest BCUT2D eigenvalue weighted by atomic mass is 32.1. The first-order chi connectivity index (χ1) is 19.0. The van der Waals surface area contributed by atoms with Gasteiger partial charge in [0.05, 0.1) is 17.0 Å². The first-order valence-electron chi connectivity index (χ1n) is 12.6. The second kappa shape index (κ2) is 11.6. The fraction of sp³-hybridized carbons (Fsp3) is 0.161. The summed E-state index contributed by atoms with van der Waals surface area (Å²) in [6.07, 6.45) is 0. The quantitative estimate of drug-likeness (QED) is 0.0663. The Morgan fingerprint density at radius 2 is 1.54 bits per heavy atom. The van der Waals surface area contributed by atoms with Crippen molar-refractivity contribution in [2.24, 2.45) is 5.16 Å². The molecule has 0 bridgehead atoms. The number of Topliss-reactive ketones (excluding diaryl/α,β-unsaturated/α-hetero) is 1. The van der Waals surface area contributed by atoms with Crippen LogP contribution in [0.15, 0.2) is 89.4 Å².